The Bertz CT molecular complexity index is 1060. The van der Waals surface area contributed by atoms with E-state index in [9.17, 15) is 9.59 Å². The van der Waals surface area contributed by atoms with Crippen LogP contribution in [0.5, 0.6) is 0 Å². The van der Waals surface area contributed by atoms with Crippen molar-refractivity contribution in [3.05, 3.63) is 57.1 Å². The van der Waals surface area contributed by atoms with Gasteiger partial charge in [-0.05, 0) is 60.7 Å². The van der Waals surface area contributed by atoms with Crippen molar-refractivity contribution >= 4 is 39.6 Å². The highest BCUT2D eigenvalue weighted by molar-refractivity contribution is 7.14. The zero-order chi connectivity index (χ0) is 19.8. The normalized spacial score (nSPS) is 18.1. The number of aromatic nitrogens is 1. The fourth-order valence-corrected chi connectivity index (χ4v) is 5.61. The number of benzene rings is 1. The van der Waals surface area contributed by atoms with Crippen LogP contribution in [0.25, 0.3) is 11.3 Å². The van der Waals surface area contributed by atoms with E-state index in [0.29, 0.717) is 23.0 Å². The number of aryl methyl sites for hydroxylation is 2. The van der Waals surface area contributed by atoms with E-state index in [1.165, 1.54) is 40.2 Å². The van der Waals surface area contributed by atoms with Gasteiger partial charge >= 0.3 is 0 Å². The van der Waals surface area contributed by atoms with E-state index in [0.717, 1.165) is 30.5 Å². The molecule has 29 heavy (non-hydrogen) atoms. The number of likely N-dealkylation sites (tertiary alicyclic amines) is 1. The maximum absolute atomic E-state index is 12.9. The summed E-state index contributed by atoms with van der Waals surface area (Å²) in [4.78, 5) is 32.6. The van der Waals surface area contributed by atoms with Gasteiger partial charge in [0.2, 0.25) is 5.91 Å². The molecule has 1 fully saturated rings. The lowest BCUT2D eigenvalue weighted by molar-refractivity contribution is -0.119. The molecule has 0 bridgehead atoms. The zero-order valence-corrected chi connectivity index (χ0v) is 17.5. The Morgan fingerprint density at radius 1 is 1.10 bits per heavy atom. The van der Waals surface area contributed by atoms with E-state index >= 15 is 0 Å². The summed E-state index contributed by atoms with van der Waals surface area (Å²) >= 11 is 2.84. The highest BCUT2D eigenvalue weighted by atomic mass is 32.1. The van der Waals surface area contributed by atoms with Crippen LogP contribution in [0.15, 0.2) is 41.1 Å². The molecule has 148 valence electrons. The van der Waals surface area contributed by atoms with Crippen LogP contribution in [0.3, 0.4) is 0 Å². The second kappa shape index (κ2) is 7.72. The van der Waals surface area contributed by atoms with Crippen LogP contribution in [0.4, 0.5) is 5.13 Å². The third kappa shape index (κ3) is 3.60. The standard InChI is InChI=1S/C22H21N3O2S2/c26-20(18-6-2-10-25(18)21(27)19-7-3-11-28-19)24-22-23-17(13-29-22)16-9-8-14-4-1-5-15(14)12-16/h3,7-9,11-13,18H,1-2,4-6,10H2,(H,23,24,26)/t18-/m1/s1. The van der Waals surface area contributed by atoms with Crippen molar-refractivity contribution in [2.24, 2.45) is 0 Å². The number of carbonyl (C=O) groups excluding carboxylic acids is 2. The number of hydrogen-bond acceptors (Lipinski definition) is 5. The number of carbonyl (C=O) groups is 2. The molecular formula is C22H21N3O2S2. The number of rotatable bonds is 4. The number of fused-ring (bicyclic) bond motifs is 1. The maximum atomic E-state index is 12.9. The first-order valence-electron chi connectivity index (χ1n) is 9.92. The van der Waals surface area contributed by atoms with Crippen LogP contribution in [0.2, 0.25) is 0 Å². The van der Waals surface area contributed by atoms with Crippen molar-refractivity contribution in [3.63, 3.8) is 0 Å². The Morgan fingerprint density at radius 3 is 2.86 bits per heavy atom. The molecule has 1 aliphatic heterocycles. The van der Waals surface area contributed by atoms with Gasteiger partial charge in [-0.1, -0.05) is 18.2 Å². The molecule has 1 atom stereocenters. The second-order valence-electron chi connectivity index (χ2n) is 7.50. The Kier molecular flexibility index (Phi) is 4.93. The van der Waals surface area contributed by atoms with Crippen molar-refractivity contribution in [2.75, 3.05) is 11.9 Å². The number of nitrogens with one attached hydrogen (secondary N) is 1. The van der Waals surface area contributed by atoms with Gasteiger partial charge in [0, 0.05) is 17.5 Å². The molecule has 7 heteroatoms. The summed E-state index contributed by atoms with van der Waals surface area (Å²) < 4.78 is 0. The fourth-order valence-electron chi connectivity index (χ4n) is 4.21. The van der Waals surface area contributed by atoms with Crippen LogP contribution >= 0.6 is 22.7 Å². The molecule has 0 spiro atoms. The summed E-state index contributed by atoms with van der Waals surface area (Å²) in [7, 11) is 0. The Labute approximate surface area is 177 Å². The average Bonchev–Trinajstić information content (AvgIpc) is 3.54. The van der Waals surface area contributed by atoms with Crippen molar-refractivity contribution in [1.29, 1.82) is 0 Å². The van der Waals surface area contributed by atoms with E-state index in [2.05, 4.69) is 28.5 Å². The molecule has 1 saturated heterocycles. The molecule has 1 aliphatic carbocycles. The minimum Gasteiger partial charge on any atom is -0.326 e. The molecule has 0 radical (unpaired) electrons. The Balaban J connectivity index is 1.29. The lowest BCUT2D eigenvalue weighted by Crippen LogP contribution is -2.42. The summed E-state index contributed by atoms with van der Waals surface area (Å²) in [6, 6.07) is 9.77. The lowest BCUT2D eigenvalue weighted by Gasteiger charge is -2.22. The summed E-state index contributed by atoms with van der Waals surface area (Å²) in [5.41, 5.74) is 4.83. The monoisotopic (exact) mass is 423 g/mol. The molecule has 3 heterocycles. The smallest absolute Gasteiger partial charge is 0.264 e. The van der Waals surface area contributed by atoms with Crippen LogP contribution in [0.1, 0.15) is 40.1 Å². The molecule has 1 N–H and O–H groups in total. The quantitative estimate of drug-likeness (QED) is 0.667. The third-order valence-corrected chi connectivity index (χ3v) is 7.29. The summed E-state index contributed by atoms with van der Waals surface area (Å²) in [5, 5.41) is 7.38. The maximum Gasteiger partial charge on any atom is 0.264 e. The van der Waals surface area contributed by atoms with Gasteiger partial charge in [-0.2, -0.15) is 0 Å². The minimum atomic E-state index is -0.433. The van der Waals surface area contributed by atoms with Crippen LogP contribution in [-0.4, -0.2) is 34.3 Å². The molecule has 2 amide bonds. The third-order valence-electron chi connectivity index (χ3n) is 5.68. The number of amides is 2. The van der Waals surface area contributed by atoms with Gasteiger partial charge in [-0.15, -0.1) is 22.7 Å². The van der Waals surface area contributed by atoms with Gasteiger partial charge in [0.15, 0.2) is 5.13 Å². The molecular weight excluding hydrogens is 402 g/mol. The molecule has 0 unspecified atom stereocenters. The average molecular weight is 424 g/mol. The molecule has 5 nitrogen and oxygen atoms in total. The molecule has 5 rings (SSSR count). The predicted molar refractivity (Wildman–Crippen MR) is 117 cm³/mol. The van der Waals surface area contributed by atoms with E-state index < -0.39 is 6.04 Å². The number of nitrogens with zero attached hydrogens (tertiary/aromatic N) is 2. The first kappa shape index (κ1) is 18.5. The van der Waals surface area contributed by atoms with E-state index in [1.54, 1.807) is 4.90 Å². The zero-order valence-electron chi connectivity index (χ0n) is 15.9. The topological polar surface area (TPSA) is 62.3 Å². The van der Waals surface area contributed by atoms with Gasteiger partial charge in [0.05, 0.1) is 10.6 Å². The molecule has 3 aromatic rings. The SMILES string of the molecule is O=C(Nc1nc(-c2ccc3c(c2)CCC3)cs1)[C@H]1CCCN1C(=O)c1cccs1. The van der Waals surface area contributed by atoms with E-state index in [4.69, 9.17) is 0 Å². The van der Waals surface area contributed by atoms with Gasteiger partial charge < -0.3 is 10.2 Å². The molecule has 2 aromatic heterocycles. The second-order valence-corrected chi connectivity index (χ2v) is 9.30. The first-order valence-corrected chi connectivity index (χ1v) is 11.7. The predicted octanol–water partition coefficient (Wildman–Crippen LogP) is 4.60. The van der Waals surface area contributed by atoms with Gasteiger partial charge in [0.25, 0.3) is 5.91 Å². The van der Waals surface area contributed by atoms with Crippen LogP contribution in [0, 0.1) is 0 Å². The Hall–Kier alpha value is -2.51. The number of thiophene rings is 1. The molecule has 2 aliphatic rings. The molecule has 0 saturated carbocycles. The highest BCUT2D eigenvalue weighted by Gasteiger charge is 2.35. The fraction of sp³-hybridized carbons (Fsp3) is 0.318. The van der Waals surface area contributed by atoms with Crippen molar-refractivity contribution < 1.29 is 9.59 Å². The van der Waals surface area contributed by atoms with Crippen molar-refractivity contribution in [3.8, 4) is 11.3 Å². The first-order chi connectivity index (χ1) is 14.2. The molecule has 1 aromatic carbocycles. The number of hydrogen-bond donors (Lipinski definition) is 1. The van der Waals surface area contributed by atoms with Gasteiger partial charge in [0.1, 0.15) is 6.04 Å². The van der Waals surface area contributed by atoms with E-state index in [-0.39, 0.29) is 11.8 Å². The largest absolute Gasteiger partial charge is 0.326 e. The van der Waals surface area contributed by atoms with Crippen LogP contribution < -0.4 is 5.32 Å². The van der Waals surface area contributed by atoms with Crippen molar-refractivity contribution in [2.45, 2.75) is 38.1 Å². The van der Waals surface area contributed by atoms with E-state index in [1.807, 2.05) is 22.9 Å². The summed E-state index contributed by atoms with van der Waals surface area (Å²) in [6.45, 7) is 0.618. The number of thiazole rings is 1. The van der Waals surface area contributed by atoms with Crippen molar-refractivity contribution in [1.82, 2.24) is 9.88 Å². The lowest BCUT2D eigenvalue weighted by atomic mass is 10.1. The minimum absolute atomic E-state index is 0.0596. The van der Waals surface area contributed by atoms with Crippen LogP contribution in [-0.2, 0) is 17.6 Å². The number of anilines is 1. The Morgan fingerprint density at radius 2 is 2.00 bits per heavy atom. The van der Waals surface area contributed by atoms with Gasteiger partial charge in [-0.3, -0.25) is 9.59 Å². The summed E-state index contributed by atoms with van der Waals surface area (Å²) in [6.07, 6.45) is 5.04. The highest BCUT2D eigenvalue weighted by Crippen LogP contribution is 2.30. The van der Waals surface area contributed by atoms with Gasteiger partial charge in [-0.25, -0.2) is 4.98 Å². The summed E-state index contributed by atoms with van der Waals surface area (Å²) in [5.74, 6) is -0.210.